The van der Waals surface area contributed by atoms with E-state index in [1.807, 2.05) is 13.8 Å². The standard InChI is InChI=1S/C27H48O7/c1-14(13-28)6-5-7-15(2)19-21(31)22(32)23-26(19,4)11-9-18-25(3)10-8-16(29)12-17(25)20(30)24(33)27(18,23)34/h14-24,28-34H,5-13H2,1-4H3/t14-,15-,16+,17?,18-,19+,20-,21-,22-,23-,24-,25+,26-,27+/m1/s1. The summed E-state index contributed by atoms with van der Waals surface area (Å²) in [6, 6.07) is 0. The van der Waals surface area contributed by atoms with E-state index >= 15 is 0 Å². The Hall–Kier alpha value is -0.280. The molecule has 0 amide bonds. The van der Waals surface area contributed by atoms with Gasteiger partial charge in [-0.1, -0.05) is 40.5 Å². The van der Waals surface area contributed by atoms with Crippen LogP contribution >= 0.6 is 0 Å². The highest BCUT2D eigenvalue weighted by Gasteiger charge is 2.75. The minimum atomic E-state index is -1.71. The van der Waals surface area contributed by atoms with Gasteiger partial charge >= 0.3 is 0 Å². The van der Waals surface area contributed by atoms with Gasteiger partial charge in [-0.05, 0) is 78.9 Å². The maximum absolute atomic E-state index is 12.3. The lowest BCUT2D eigenvalue weighted by molar-refractivity contribution is -0.309. The van der Waals surface area contributed by atoms with Gasteiger partial charge in [-0.15, -0.1) is 0 Å². The minimum Gasteiger partial charge on any atom is -0.396 e. The lowest BCUT2D eigenvalue weighted by Gasteiger charge is -2.67. The van der Waals surface area contributed by atoms with Gasteiger partial charge in [-0.25, -0.2) is 0 Å². The highest BCUT2D eigenvalue weighted by Crippen LogP contribution is 2.69. The molecule has 0 saturated heterocycles. The Kier molecular flexibility index (Phi) is 7.27. The van der Waals surface area contributed by atoms with E-state index in [2.05, 4.69) is 13.8 Å². The van der Waals surface area contributed by atoms with Gasteiger partial charge in [0.1, 0.15) is 11.7 Å². The Morgan fingerprint density at radius 1 is 0.853 bits per heavy atom. The number of fused-ring (bicyclic) bond motifs is 5. The van der Waals surface area contributed by atoms with Crippen molar-refractivity contribution in [1.82, 2.24) is 0 Å². The molecule has 4 saturated carbocycles. The first-order valence-corrected chi connectivity index (χ1v) is 13.6. The Morgan fingerprint density at radius 3 is 2.15 bits per heavy atom. The molecular formula is C27H48O7. The summed E-state index contributed by atoms with van der Waals surface area (Å²) < 4.78 is 0. The fourth-order valence-corrected chi connectivity index (χ4v) is 9.52. The van der Waals surface area contributed by atoms with Crippen molar-refractivity contribution < 1.29 is 35.7 Å². The van der Waals surface area contributed by atoms with E-state index in [1.165, 1.54) is 0 Å². The molecule has 4 fully saturated rings. The molecular weight excluding hydrogens is 436 g/mol. The second-order valence-corrected chi connectivity index (χ2v) is 13.1. The van der Waals surface area contributed by atoms with Crippen LogP contribution in [-0.2, 0) is 0 Å². The lowest BCUT2D eigenvalue weighted by Crippen LogP contribution is -2.75. The molecule has 0 aromatic carbocycles. The van der Waals surface area contributed by atoms with Gasteiger partial charge in [0.2, 0.25) is 0 Å². The van der Waals surface area contributed by atoms with Gasteiger partial charge in [0.15, 0.2) is 0 Å². The second-order valence-electron chi connectivity index (χ2n) is 13.1. The SMILES string of the molecule is C[C@@H](CO)CCC[C@@H](C)[C@H]1[C@@H](O)[C@@H](O)[C@@H]2[C@]1(C)CC[C@H]1[C@@]2(O)[C@H](O)[C@H](O)C2C[C@@H](O)CC[C@@]21C. The van der Waals surface area contributed by atoms with Crippen LogP contribution in [0.2, 0.25) is 0 Å². The number of aliphatic hydroxyl groups is 7. The second kappa shape index (κ2) is 9.23. The third-order valence-corrected chi connectivity index (χ3v) is 11.2. The van der Waals surface area contributed by atoms with E-state index in [4.69, 9.17) is 0 Å². The summed E-state index contributed by atoms with van der Waals surface area (Å²) in [6.07, 6.45) is 0.370. The number of hydrogen-bond donors (Lipinski definition) is 7. The molecule has 0 spiro atoms. The van der Waals surface area contributed by atoms with Crippen LogP contribution < -0.4 is 0 Å². The molecule has 0 aromatic heterocycles. The van der Waals surface area contributed by atoms with Crippen LogP contribution in [0.15, 0.2) is 0 Å². The molecule has 4 aliphatic carbocycles. The highest BCUT2D eigenvalue weighted by molar-refractivity contribution is 5.24. The molecule has 4 aliphatic rings. The molecule has 7 N–H and O–H groups in total. The number of rotatable bonds is 6. The molecule has 0 aliphatic heterocycles. The van der Waals surface area contributed by atoms with Crippen molar-refractivity contribution in [3.63, 3.8) is 0 Å². The van der Waals surface area contributed by atoms with Gasteiger partial charge in [-0.2, -0.15) is 0 Å². The molecule has 0 aromatic rings. The van der Waals surface area contributed by atoms with Crippen molar-refractivity contribution in [2.45, 2.75) is 115 Å². The maximum Gasteiger partial charge on any atom is 0.109 e. The van der Waals surface area contributed by atoms with Gasteiger partial charge in [-0.3, -0.25) is 0 Å². The van der Waals surface area contributed by atoms with Crippen LogP contribution in [0, 0.1) is 46.3 Å². The first kappa shape index (κ1) is 26.8. The van der Waals surface area contributed by atoms with Gasteiger partial charge in [0, 0.05) is 12.5 Å². The van der Waals surface area contributed by atoms with Crippen LogP contribution in [0.1, 0.15) is 79.1 Å². The Bertz CT molecular complexity index is 734. The van der Waals surface area contributed by atoms with Crippen LogP contribution in [0.3, 0.4) is 0 Å². The van der Waals surface area contributed by atoms with Crippen molar-refractivity contribution >= 4 is 0 Å². The molecule has 0 heterocycles. The zero-order valence-electron chi connectivity index (χ0n) is 21.3. The molecule has 7 heteroatoms. The van der Waals surface area contributed by atoms with E-state index in [1.54, 1.807) is 0 Å². The Balaban J connectivity index is 1.66. The number of aliphatic hydroxyl groups excluding tert-OH is 6. The quantitative estimate of drug-likeness (QED) is 0.302. The van der Waals surface area contributed by atoms with Crippen molar-refractivity contribution in [2.24, 2.45) is 46.3 Å². The van der Waals surface area contributed by atoms with Crippen LogP contribution in [0.5, 0.6) is 0 Å². The first-order chi connectivity index (χ1) is 15.8. The smallest absolute Gasteiger partial charge is 0.109 e. The predicted molar refractivity (Wildman–Crippen MR) is 128 cm³/mol. The number of hydrogen-bond acceptors (Lipinski definition) is 7. The topological polar surface area (TPSA) is 142 Å². The minimum absolute atomic E-state index is 0.101. The zero-order valence-corrected chi connectivity index (χ0v) is 21.3. The summed E-state index contributed by atoms with van der Waals surface area (Å²) in [4.78, 5) is 0. The molecule has 34 heavy (non-hydrogen) atoms. The van der Waals surface area contributed by atoms with Crippen molar-refractivity contribution in [1.29, 1.82) is 0 Å². The molecule has 4 rings (SSSR count). The average Bonchev–Trinajstić information content (AvgIpc) is 2.99. The maximum atomic E-state index is 12.3. The van der Waals surface area contributed by atoms with Gasteiger partial charge in [0.05, 0.1) is 24.4 Å². The summed E-state index contributed by atoms with van der Waals surface area (Å²) in [5.41, 5.74) is -2.74. The third-order valence-electron chi connectivity index (χ3n) is 11.2. The highest BCUT2D eigenvalue weighted by atomic mass is 16.4. The van der Waals surface area contributed by atoms with Crippen LogP contribution in [0.25, 0.3) is 0 Å². The summed E-state index contributed by atoms with van der Waals surface area (Å²) in [6.45, 7) is 8.38. The van der Waals surface area contributed by atoms with E-state index in [9.17, 15) is 35.7 Å². The van der Waals surface area contributed by atoms with Crippen molar-refractivity contribution in [3.05, 3.63) is 0 Å². The average molecular weight is 485 g/mol. The molecule has 14 atom stereocenters. The first-order valence-electron chi connectivity index (χ1n) is 13.6. The van der Waals surface area contributed by atoms with E-state index < -0.39 is 52.9 Å². The van der Waals surface area contributed by atoms with E-state index in [-0.39, 0.29) is 36.2 Å². The van der Waals surface area contributed by atoms with E-state index in [0.717, 1.165) is 25.7 Å². The van der Waals surface area contributed by atoms with Crippen molar-refractivity contribution in [3.8, 4) is 0 Å². The molecule has 1 unspecified atom stereocenters. The van der Waals surface area contributed by atoms with Crippen LogP contribution in [0.4, 0.5) is 0 Å². The normalized spacial score (nSPS) is 54.6. The van der Waals surface area contributed by atoms with Crippen molar-refractivity contribution in [2.75, 3.05) is 6.61 Å². The fourth-order valence-electron chi connectivity index (χ4n) is 9.52. The molecule has 0 radical (unpaired) electrons. The fraction of sp³-hybridized carbons (Fsp3) is 1.00. The van der Waals surface area contributed by atoms with Gasteiger partial charge in [0.25, 0.3) is 0 Å². The summed E-state index contributed by atoms with van der Waals surface area (Å²) in [5.74, 6) is -1.28. The molecule has 0 bridgehead atoms. The summed E-state index contributed by atoms with van der Waals surface area (Å²) in [5, 5.41) is 77.2. The van der Waals surface area contributed by atoms with Gasteiger partial charge < -0.3 is 35.7 Å². The Morgan fingerprint density at radius 2 is 1.50 bits per heavy atom. The van der Waals surface area contributed by atoms with Crippen LogP contribution in [-0.4, -0.2) is 78.5 Å². The lowest BCUT2D eigenvalue weighted by atomic mass is 9.41. The summed E-state index contributed by atoms with van der Waals surface area (Å²) >= 11 is 0. The Labute approximate surface area is 204 Å². The monoisotopic (exact) mass is 484 g/mol. The molecule has 198 valence electrons. The van der Waals surface area contributed by atoms with E-state index in [0.29, 0.717) is 25.7 Å². The summed E-state index contributed by atoms with van der Waals surface area (Å²) in [7, 11) is 0. The molecule has 7 nitrogen and oxygen atoms in total. The predicted octanol–water partition coefficient (Wildman–Crippen LogP) is 1.44. The zero-order chi connectivity index (χ0) is 25.2. The largest absolute Gasteiger partial charge is 0.396 e. The third kappa shape index (κ3) is 3.72.